The molecule has 1 saturated carbocycles. The van der Waals surface area contributed by atoms with E-state index in [9.17, 15) is 4.79 Å². The predicted octanol–water partition coefficient (Wildman–Crippen LogP) is 5.98. The summed E-state index contributed by atoms with van der Waals surface area (Å²) < 4.78 is 5.90. The Morgan fingerprint density at radius 1 is 0.962 bits per heavy atom. The van der Waals surface area contributed by atoms with Crippen LogP contribution in [0.5, 0.6) is 0 Å². The third-order valence-electron chi connectivity index (χ3n) is 5.14. The molecule has 0 heterocycles. The van der Waals surface area contributed by atoms with Gasteiger partial charge in [0.1, 0.15) is 6.10 Å². The van der Waals surface area contributed by atoms with Crippen molar-refractivity contribution < 1.29 is 9.53 Å². The zero-order valence-electron chi connectivity index (χ0n) is 15.3. The van der Waals surface area contributed by atoms with Crippen LogP contribution in [-0.4, -0.2) is 12.1 Å². The maximum atomic E-state index is 12.5. The van der Waals surface area contributed by atoms with Crippen LogP contribution in [0.2, 0.25) is 0 Å². The molecule has 1 fully saturated rings. The number of hydrogen-bond acceptors (Lipinski definition) is 2. The number of carbonyl (C=O) groups is 1. The van der Waals surface area contributed by atoms with Gasteiger partial charge in [0, 0.05) is 0 Å². The zero-order valence-corrected chi connectivity index (χ0v) is 15.3. The van der Waals surface area contributed by atoms with Gasteiger partial charge < -0.3 is 4.74 Å². The van der Waals surface area contributed by atoms with Crippen LogP contribution >= 0.6 is 0 Å². The van der Waals surface area contributed by atoms with Crippen molar-refractivity contribution in [3.63, 3.8) is 0 Å². The zero-order chi connectivity index (χ0) is 18.0. The Kier molecular flexibility index (Phi) is 7.06. The summed E-state index contributed by atoms with van der Waals surface area (Å²) in [5.74, 6) is 0.235. The molecule has 0 spiro atoms. The second-order valence-electron chi connectivity index (χ2n) is 7.09. The highest BCUT2D eigenvalue weighted by molar-refractivity contribution is 5.89. The Hall–Kier alpha value is -2.35. The number of benzene rings is 2. The van der Waals surface area contributed by atoms with Crippen molar-refractivity contribution in [1.29, 1.82) is 0 Å². The number of aryl methyl sites for hydroxylation is 1. The van der Waals surface area contributed by atoms with Crippen LogP contribution in [0.4, 0.5) is 0 Å². The Morgan fingerprint density at radius 3 is 2.31 bits per heavy atom. The van der Waals surface area contributed by atoms with Gasteiger partial charge in [0.25, 0.3) is 0 Å². The van der Waals surface area contributed by atoms with Gasteiger partial charge in [-0.25, -0.2) is 4.79 Å². The van der Waals surface area contributed by atoms with E-state index in [1.807, 2.05) is 36.4 Å². The fraction of sp³-hybridized carbons (Fsp3) is 0.375. The van der Waals surface area contributed by atoms with E-state index in [-0.39, 0.29) is 12.1 Å². The molecule has 2 nitrogen and oxygen atoms in total. The van der Waals surface area contributed by atoms with E-state index >= 15 is 0 Å². The van der Waals surface area contributed by atoms with Gasteiger partial charge in [-0.1, -0.05) is 73.9 Å². The van der Waals surface area contributed by atoms with Gasteiger partial charge in [-0.3, -0.25) is 0 Å². The van der Waals surface area contributed by atoms with Gasteiger partial charge in [0.15, 0.2) is 0 Å². The van der Waals surface area contributed by atoms with Crippen molar-refractivity contribution in [2.45, 2.75) is 51.0 Å². The predicted molar refractivity (Wildman–Crippen MR) is 106 cm³/mol. The standard InChI is InChI=1S/C24H28O2/c25-24(22-17-8-3-9-18-22)26-23(21-15-6-2-7-16-21)19-11-10-14-20-12-4-1-5-13-20/h1,3-5,8-9,11-13,17-19,21,23H,2,6-7,10,14-16H2/b19-11-/t23-/m0/s1. The second kappa shape index (κ2) is 9.96. The summed E-state index contributed by atoms with van der Waals surface area (Å²) in [7, 11) is 0. The van der Waals surface area contributed by atoms with E-state index < -0.39 is 0 Å². The summed E-state index contributed by atoms with van der Waals surface area (Å²) in [5.41, 5.74) is 1.97. The van der Waals surface area contributed by atoms with Crippen LogP contribution in [0, 0.1) is 5.92 Å². The van der Waals surface area contributed by atoms with Crippen LogP contribution in [-0.2, 0) is 11.2 Å². The first-order valence-electron chi connectivity index (χ1n) is 9.79. The molecule has 136 valence electrons. The highest BCUT2D eigenvalue weighted by Crippen LogP contribution is 2.29. The monoisotopic (exact) mass is 348 g/mol. The largest absolute Gasteiger partial charge is 0.454 e. The lowest BCUT2D eigenvalue weighted by atomic mass is 9.85. The number of rotatable bonds is 7. The van der Waals surface area contributed by atoms with Gasteiger partial charge in [0.05, 0.1) is 5.56 Å². The van der Waals surface area contributed by atoms with E-state index in [1.165, 1.54) is 24.8 Å². The molecule has 3 rings (SSSR count). The minimum absolute atomic E-state index is 0.112. The van der Waals surface area contributed by atoms with E-state index in [1.54, 1.807) is 0 Å². The Balaban J connectivity index is 1.61. The Bertz CT molecular complexity index is 685. The van der Waals surface area contributed by atoms with Crippen LogP contribution < -0.4 is 0 Å². The van der Waals surface area contributed by atoms with Crippen molar-refractivity contribution in [2.24, 2.45) is 5.92 Å². The number of esters is 1. The lowest BCUT2D eigenvalue weighted by Crippen LogP contribution is -2.27. The Morgan fingerprint density at radius 2 is 1.62 bits per heavy atom. The maximum Gasteiger partial charge on any atom is 0.338 e. The molecule has 2 aromatic carbocycles. The average molecular weight is 348 g/mol. The molecular weight excluding hydrogens is 320 g/mol. The first-order chi connectivity index (χ1) is 12.8. The fourth-order valence-corrected chi connectivity index (χ4v) is 3.65. The summed E-state index contributed by atoms with van der Waals surface area (Å²) in [6.07, 6.45) is 12.3. The van der Waals surface area contributed by atoms with E-state index in [2.05, 4.69) is 36.4 Å². The maximum absolute atomic E-state index is 12.5. The third kappa shape index (κ3) is 5.59. The van der Waals surface area contributed by atoms with Crippen LogP contribution in [0.1, 0.15) is 54.4 Å². The molecule has 0 N–H and O–H groups in total. The minimum Gasteiger partial charge on any atom is -0.454 e. The molecule has 0 unspecified atom stereocenters. The van der Waals surface area contributed by atoms with Gasteiger partial charge >= 0.3 is 5.97 Å². The number of hydrogen-bond donors (Lipinski definition) is 0. The molecule has 2 aromatic rings. The van der Waals surface area contributed by atoms with Gasteiger partial charge in [-0.05, 0) is 55.4 Å². The number of carbonyl (C=O) groups excluding carboxylic acids is 1. The second-order valence-corrected chi connectivity index (χ2v) is 7.09. The first kappa shape index (κ1) is 18.4. The van der Waals surface area contributed by atoms with Crippen molar-refractivity contribution in [3.8, 4) is 0 Å². The highest BCUT2D eigenvalue weighted by Gasteiger charge is 2.25. The lowest BCUT2D eigenvalue weighted by molar-refractivity contribution is 0.0226. The van der Waals surface area contributed by atoms with E-state index in [4.69, 9.17) is 4.74 Å². The molecule has 0 bridgehead atoms. The summed E-state index contributed by atoms with van der Waals surface area (Å²) >= 11 is 0. The molecule has 1 aliphatic rings. The highest BCUT2D eigenvalue weighted by atomic mass is 16.5. The summed E-state index contributed by atoms with van der Waals surface area (Å²) in [6.45, 7) is 0. The minimum atomic E-state index is -0.214. The fourth-order valence-electron chi connectivity index (χ4n) is 3.65. The average Bonchev–Trinajstić information content (AvgIpc) is 2.72. The number of allylic oxidation sites excluding steroid dienone is 1. The summed E-state index contributed by atoms with van der Waals surface area (Å²) in [5, 5.41) is 0. The third-order valence-corrected chi connectivity index (χ3v) is 5.14. The topological polar surface area (TPSA) is 26.3 Å². The molecule has 26 heavy (non-hydrogen) atoms. The molecule has 0 aliphatic heterocycles. The van der Waals surface area contributed by atoms with Crippen molar-refractivity contribution in [2.75, 3.05) is 0 Å². The van der Waals surface area contributed by atoms with Crippen LogP contribution in [0.25, 0.3) is 0 Å². The molecule has 0 aromatic heterocycles. The number of ether oxygens (including phenoxy) is 1. The molecule has 0 radical (unpaired) electrons. The van der Waals surface area contributed by atoms with Crippen molar-refractivity contribution in [1.82, 2.24) is 0 Å². The molecule has 1 aliphatic carbocycles. The smallest absolute Gasteiger partial charge is 0.338 e. The van der Waals surface area contributed by atoms with Gasteiger partial charge in [-0.2, -0.15) is 0 Å². The summed E-state index contributed by atoms with van der Waals surface area (Å²) in [6, 6.07) is 19.8. The molecule has 0 saturated heterocycles. The van der Waals surface area contributed by atoms with Gasteiger partial charge in [-0.15, -0.1) is 0 Å². The molecule has 2 heteroatoms. The molecule has 1 atom stereocenters. The van der Waals surface area contributed by atoms with E-state index in [0.717, 1.165) is 25.7 Å². The normalized spacial score (nSPS) is 16.5. The van der Waals surface area contributed by atoms with Crippen LogP contribution in [0.3, 0.4) is 0 Å². The van der Waals surface area contributed by atoms with Gasteiger partial charge in [0.2, 0.25) is 0 Å². The SMILES string of the molecule is O=C(O[C@@H](/C=C\CCc1ccccc1)C1CCCCC1)c1ccccc1. The van der Waals surface area contributed by atoms with Crippen molar-refractivity contribution in [3.05, 3.63) is 83.9 Å². The van der Waals surface area contributed by atoms with E-state index in [0.29, 0.717) is 11.5 Å². The Labute approximate surface area is 156 Å². The summed E-state index contributed by atoms with van der Waals surface area (Å²) in [4.78, 5) is 12.5. The van der Waals surface area contributed by atoms with Crippen LogP contribution in [0.15, 0.2) is 72.8 Å². The molecule has 0 amide bonds. The quantitative estimate of drug-likeness (QED) is 0.454. The first-order valence-corrected chi connectivity index (χ1v) is 9.79. The van der Waals surface area contributed by atoms with Crippen molar-refractivity contribution >= 4 is 5.97 Å². The lowest BCUT2D eigenvalue weighted by Gasteiger charge is -2.28. The molecular formula is C24H28O2.